The third-order valence-electron chi connectivity index (χ3n) is 1.71. The fourth-order valence-electron chi connectivity index (χ4n) is 0.901. The zero-order valence-electron chi connectivity index (χ0n) is 7.53. The molecule has 0 aliphatic heterocycles. The first-order valence-electron chi connectivity index (χ1n) is 4.24. The van der Waals surface area contributed by atoms with E-state index in [1.165, 1.54) is 0 Å². The van der Waals surface area contributed by atoms with Crippen LogP contribution < -0.4 is 5.73 Å². The molecule has 1 unspecified atom stereocenters. The van der Waals surface area contributed by atoms with E-state index in [-0.39, 0.29) is 0 Å². The number of nitrogens with zero attached hydrogens (tertiary/aromatic N) is 1. The molecule has 1 atom stereocenters. The molecule has 0 radical (unpaired) electrons. The predicted molar refractivity (Wildman–Crippen MR) is 60.9 cm³/mol. The number of hydrogen-bond donors (Lipinski definition) is 1. The molecular formula is C9H13BrN2S. The number of thioether (sulfide) groups is 1. The second kappa shape index (κ2) is 5.62. The Morgan fingerprint density at radius 2 is 2.38 bits per heavy atom. The van der Waals surface area contributed by atoms with Crippen LogP contribution in [0.2, 0.25) is 0 Å². The van der Waals surface area contributed by atoms with Crippen LogP contribution in [0.15, 0.2) is 27.8 Å². The zero-order chi connectivity index (χ0) is 9.68. The van der Waals surface area contributed by atoms with Crippen molar-refractivity contribution in [2.75, 3.05) is 6.54 Å². The maximum Gasteiger partial charge on any atom is 0.0963 e. The van der Waals surface area contributed by atoms with E-state index in [4.69, 9.17) is 5.73 Å². The number of pyridine rings is 1. The Morgan fingerprint density at radius 1 is 1.62 bits per heavy atom. The number of rotatable bonds is 4. The van der Waals surface area contributed by atoms with Gasteiger partial charge in [-0.15, -0.1) is 11.8 Å². The molecule has 0 aliphatic rings. The van der Waals surface area contributed by atoms with Gasteiger partial charge >= 0.3 is 0 Å². The van der Waals surface area contributed by atoms with Crippen LogP contribution in [0, 0.1) is 0 Å². The van der Waals surface area contributed by atoms with Crippen LogP contribution in [0.1, 0.15) is 13.3 Å². The van der Waals surface area contributed by atoms with E-state index >= 15 is 0 Å². The second-order valence-electron chi connectivity index (χ2n) is 2.70. The number of halogens is 1. The highest BCUT2D eigenvalue weighted by molar-refractivity contribution is 9.10. The molecule has 0 spiro atoms. The maximum atomic E-state index is 5.60. The van der Waals surface area contributed by atoms with Crippen molar-refractivity contribution in [1.29, 1.82) is 0 Å². The molecule has 0 saturated heterocycles. The quantitative estimate of drug-likeness (QED) is 0.847. The molecule has 0 saturated carbocycles. The summed E-state index contributed by atoms with van der Waals surface area (Å²) < 4.78 is 1.01. The fourth-order valence-corrected chi connectivity index (χ4v) is 2.00. The lowest BCUT2D eigenvalue weighted by atomic mass is 10.3. The van der Waals surface area contributed by atoms with Gasteiger partial charge < -0.3 is 5.73 Å². The van der Waals surface area contributed by atoms with Crippen LogP contribution in [0.25, 0.3) is 0 Å². The lowest BCUT2D eigenvalue weighted by Crippen LogP contribution is -2.15. The summed E-state index contributed by atoms with van der Waals surface area (Å²) in [6.45, 7) is 2.85. The van der Waals surface area contributed by atoms with Gasteiger partial charge in [0, 0.05) is 22.5 Å². The van der Waals surface area contributed by atoms with Gasteiger partial charge in [0.1, 0.15) is 0 Å². The van der Waals surface area contributed by atoms with Gasteiger partial charge in [-0.1, -0.05) is 6.92 Å². The van der Waals surface area contributed by atoms with Gasteiger partial charge in [0.2, 0.25) is 0 Å². The van der Waals surface area contributed by atoms with Crippen LogP contribution in [-0.2, 0) is 0 Å². The summed E-state index contributed by atoms with van der Waals surface area (Å²) in [6.07, 6.45) is 2.89. The molecule has 2 nitrogen and oxygen atoms in total. The van der Waals surface area contributed by atoms with Crippen molar-refractivity contribution in [3.05, 3.63) is 22.8 Å². The standard InChI is InChI=1S/C9H13BrN2S/c1-2-8(5-11)13-9-4-3-7(10)6-12-9/h3-4,6,8H,2,5,11H2,1H3. The van der Waals surface area contributed by atoms with E-state index in [1.807, 2.05) is 18.3 Å². The van der Waals surface area contributed by atoms with Crippen LogP contribution in [0.4, 0.5) is 0 Å². The average molecular weight is 261 g/mol. The molecule has 1 rings (SSSR count). The topological polar surface area (TPSA) is 38.9 Å². The molecule has 1 heterocycles. The molecule has 2 N–H and O–H groups in total. The zero-order valence-corrected chi connectivity index (χ0v) is 9.94. The van der Waals surface area contributed by atoms with Gasteiger partial charge in [0.25, 0.3) is 0 Å². The summed E-state index contributed by atoms with van der Waals surface area (Å²) in [5.41, 5.74) is 5.60. The Labute approximate surface area is 91.4 Å². The maximum absolute atomic E-state index is 5.60. The number of nitrogens with two attached hydrogens (primary N) is 1. The van der Waals surface area contributed by atoms with E-state index < -0.39 is 0 Å². The minimum Gasteiger partial charge on any atom is -0.329 e. The summed E-state index contributed by atoms with van der Waals surface area (Å²) in [4.78, 5) is 4.27. The SMILES string of the molecule is CCC(CN)Sc1ccc(Br)cn1. The smallest absolute Gasteiger partial charge is 0.0963 e. The van der Waals surface area contributed by atoms with Crippen molar-refractivity contribution in [3.8, 4) is 0 Å². The van der Waals surface area contributed by atoms with Crippen molar-refractivity contribution < 1.29 is 0 Å². The van der Waals surface area contributed by atoms with E-state index in [1.54, 1.807) is 11.8 Å². The predicted octanol–water partition coefficient (Wildman–Crippen LogP) is 2.67. The molecule has 0 bridgehead atoms. The molecule has 1 aromatic heterocycles. The Hall–Kier alpha value is -0.0600. The van der Waals surface area contributed by atoms with Crippen molar-refractivity contribution in [3.63, 3.8) is 0 Å². The summed E-state index contributed by atoms with van der Waals surface area (Å²) in [6, 6.07) is 4.01. The van der Waals surface area contributed by atoms with Crippen LogP contribution in [-0.4, -0.2) is 16.8 Å². The summed E-state index contributed by atoms with van der Waals surface area (Å²) in [5, 5.41) is 1.52. The Kier molecular flexibility index (Phi) is 4.77. The highest BCUT2D eigenvalue weighted by Crippen LogP contribution is 2.23. The van der Waals surface area contributed by atoms with E-state index in [2.05, 4.69) is 27.8 Å². The monoisotopic (exact) mass is 260 g/mol. The van der Waals surface area contributed by atoms with Gasteiger partial charge in [0.15, 0.2) is 0 Å². The van der Waals surface area contributed by atoms with Crippen molar-refractivity contribution in [2.45, 2.75) is 23.6 Å². The first-order valence-corrected chi connectivity index (χ1v) is 5.91. The van der Waals surface area contributed by atoms with Crippen molar-refractivity contribution in [1.82, 2.24) is 4.98 Å². The van der Waals surface area contributed by atoms with Gasteiger partial charge in [-0.3, -0.25) is 0 Å². The van der Waals surface area contributed by atoms with Gasteiger partial charge in [-0.2, -0.15) is 0 Å². The van der Waals surface area contributed by atoms with E-state index in [0.29, 0.717) is 11.8 Å². The van der Waals surface area contributed by atoms with Crippen LogP contribution >= 0.6 is 27.7 Å². The lowest BCUT2D eigenvalue weighted by molar-refractivity contribution is 0.824. The summed E-state index contributed by atoms with van der Waals surface area (Å²) in [5.74, 6) is 0. The number of hydrogen-bond acceptors (Lipinski definition) is 3. The first kappa shape index (κ1) is 11.0. The highest BCUT2D eigenvalue weighted by Gasteiger charge is 2.06. The third kappa shape index (κ3) is 3.67. The largest absolute Gasteiger partial charge is 0.329 e. The molecule has 0 aromatic carbocycles. The highest BCUT2D eigenvalue weighted by atomic mass is 79.9. The first-order chi connectivity index (χ1) is 6.26. The van der Waals surface area contributed by atoms with E-state index in [9.17, 15) is 0 Å². The Morgan fingerprint density at radius 3 is 2.85 bits per heavy atom. The van der Waals surface area contributed by atoms with Crippen molar-refractivity contribution in [2.24, 2.45) is 5.73 Å². The molecule has 4 heteroatoms. The molecule has 0 fully saturated rings. The lowest BCUT2D eigenvalue weighted by Gasteiger charge is -2.10. The minimum atomic E-state index is 0.480. The van der Waals surface area contributed by atoms with Gasteiger partial charge in [-0.25, -0.2) is 4.98 Å². The Bertz CT molecular complexity index is 246. The molecule has 0 aliphatic carbocycles. The normalized spacial score (nSPS) is 12.8. The van der Waals surface area contributed by atoms with Crippen molar-refractivity contribution >= 4 is 27.7 Å². The number of aromatic nitrogens is 1. The van der Waals surface area contributed by atoms with Crippen LogP contribution in [0.3, 0.4) is 0 Å². The summed E-state index contributed by atoms with van der Waals surface area (Å²) >= 11 is 5.09. The van der Waals surface area contributed by atoms with E-state index in [0.717, 1.165) is 15.9 Å². The molecule has 0 amide bonds. The Balaban J connectivity index is 2.58. The second-order valence-corrected chi connectivity index (χ2v) is 4.93. The average Bonchev–Trinajstić information content (AvgIpc) is 2.17. The van der Waals surface area contributed by atoms with Crippen LogP contribution in [0.5, 0.6) is 0 Å². The van der Waals surface area contributed by atoms with Gasteiger partial charge in [-0.05, 0) is 34.5 Å². The summed E-state index contributed by atoms with van der Waals surface area (Å²) in [7, 11) is 0. The third-order valence-corrected chi connectivity index (χ3v) is 3.52. The molecule has 1 aromatic rings. The minimum absolute atomic E-state index is 0.480. The molecule has 13 heavy (non-hydrogen) atoms. The fraction of sp³-hybridized carbons (Fsp3) is 0.444. The van der Waals surface area contributed by atoms with Gasteiger partial charge in [0.05, 0.1) is 5.03 Å². The molecular weight excluding hydrogens is 248 g/mol. The molecule has 72 valence electrons.